The van der Waals surface area contributed by atoms with E-state index < -0.39 is 12.0 Å². The summed E-state index contributed by atoms with van der Waals surface area (Å²) in [5.74, 6) is 0.574. The average Bonchev–Trinajstić information content (AvgIpc) is 2.81. The Kier molecular flexibility index (Phi) is 8.80. The highest BCUT2D eigenvalue weighted by Crippen LogP contribution is 2.44. The largest absolute Gasteiger partial charge is 0.508 e. The molecular weight excluding hydrogens is 658 g/mol. The molecule has 0 aliphatic carbocycles. The summed E-state index contributed by atoms with van der Waals surface area (Å²) in [4.78, 5) is 25.2. The summed E-state index contributed by atoms with van der Waals surface area (Å²) in [6, 6.07) is 10.5. The molecule has 0 fully saturated rings. The molecule has 0 saturated heterocycles. The van der Waals surface area contributed by atoms with Gasteiger partial charge in [-0.3, -0.25) is 9.59 Å². The summed E-state index contributed by atoms with van der Waals surface area (Å²) in [6.07, 6.45) is 2.19. The number of H-pyrrole nitrogens is 1. The molecule has 4 N–H and O–H groups in total. The number of pyridine rings is 1. The van der Waals surface area contributed by atoms with Crippen LogP contribution >= 0.6 is 46.0 Å². The molecule has 33 heavy (non-hydrogen) atoms. The number of aromatic hydroxyl groups is 1. The molecule has 0 radical (unpaired) electrons. The van der Waals surface area contributed by atoms with E-state index in [9.17, 15) is 19.8 Å². The fourth-order valence-electron chi connectivity index (χ4n) is 3.17. The minimum absolute atomic E-state index is 0.0893. The van der Waals surface area contributed by atoms with Crippen LogP contribution in [0.1, 0.15) is 16.7 Å². The number of aromatic nitrogens is 1. The highest BCUT2D eigenvalue weighted by atomic mass is 127. The van der Waals surface area contributed by atoms with E-state index in [2.05, 4.69) is 10.3 Å². The van der Waals surface area contributed by atoms with Crippen molar-refractivity contribution in [1.82, 2.24) is 10.3 Å². The molecule has 0 aliphatic heterocycles. The fraction of sp³-hybridized carbons (Fsp3) is 0.182. The molecule has 1 atom stereocenters. The molecule has 11 heteroatoms. The van der Waals surface area contributed by atoms with Crippen molar-refractivity contribution in [2.45, 2.75) is 18.9 Å². The first-order valence-electron chi connectivity index (χ1n) is 9.66. The Labute approximate surface area is 217 Å². The Morgan fingerprint density at radius 1 is 1.09 bits per heavy atom. The predicted molar refractivity (Wildman–Crippen MR) is 138 cm³/mol. The summed E-state index contributed by atoms with van der Waals surface area (Å²) in [6.45, 7) is 0. The highest BCUT2D eigenvalue weighted by Gasteiger charge is 2.21. The van der Waals surface area contributed by atoms with Crippen LogP contribution in [0, 0.1) is 0 Å². The van der Waals surface area contributed by atoms with E-state index in [-0.39, 0.29) is 17.7 Å². The van der Waals surface area contributed by atoms with Crippen LogP contribution in [0.25, 0.3) is 0 Å². The number of carbonyl (C=O) groups is 1. The maximum Gasteiger partial charge on any atom is 0.321 e. The van der Waals surface area contributed by atoms with E-state index >= 15 is 0 Å². The molecular formula is C22H20I2N2O7. The zero-order valence-corrected chi connectivity index (χ0v) is 21.6. The number of nitrogens with one attached hydrogen (secondary N) is 2. The minimum atomic E-state index is -0.967. The zero-order chi connectivity index (χ0) is 24.0. The van der Waals surface area contributed by atoms with Crippen molar-refractivity contribution < 1.29 is 25.9 Å². The van der Waals surface area contributed by atoms with Gasteiger partial charge in [0.2, 0.25) is 11.3 Å². The lowest BCUT2D eigenvalue weighted by molar-refractivity contribution is -0.139. The molecule has 2 aromatic carbocycles. The quantitative estimate of drug-likeness (QED) is 0.236. The van der Waals surface area contributed by atoms with Gasteiger partial charge in [-0.1, -0.05) is 6.07 Å². The van der Waals surface area contributed by atoms with E-state index in [0.29, 0.717) is 40.5 Å². The standard InChI is InChI=1S/C22H20I2N2O7/c1-25-16(22(29)30)7-13-8-18(32-23)21(19(9-13)33-24)31-15-3-4-17(27)14(10-15)6-12-2-5-20(28)26-11-12/h2-5,8-11,16,25,27H,6-7H2,1H3,(H,26,28)(H,29,30)/t16-/m0/s1. The Morgan fingerprint density at radius 3 is 2.33 bits per heavy atom. The summed E-state index contributed by atoms with van der Waals surface area (Å²) in [5, 5.41) is 22.3. The molecule has 0 bridgehead atoms. The van der Waals surface area contributed by atoms with Crippen molar-refractivity contribution >= 4 is 52.0 Å². The van der Waals surface area contributed by atoms with Gasteiger partial charge in [-0.05, 0) is 54.9 Å². The molecule has 0 saturated carbocycles. The number of aliphatic carboxylic acids is 1. The number of phenols is 1. The maximum atomic E-state index is 11.4. The first kappa shape index (κ1) is 25.1. The molecule has 0 aliphatic rings. The van der Waals surface area contributed by atoms with Gasteiger partial charge in [0, 0.05) is 24.2 Å². The van der Waals surface area contributed by atoms with Crippen LogP contribution in [-0.2, 0) is 17.6 Å². The van der Waals surface area contributed by atoms with E-state index in [1.54, 1.807) is 89.6 Å². The van der Waals surface area contributed by atoms with E-state index in [0.717, 1.165) is 5.56 Å². The number of aromatic amines is 1. The third kappa shape index (κ3) is 6.51. The number of carboxylic acids is 1. The molecule has 3 rings (SSSR count). The highest BCUT2D eigenvalue weighted by molar-refractivity contribution is 14.1. The normalized spacial score (nSPS) is 11.6. The SMILES string of the molecule is CN[C@@H](Cc1cc(OI)c(Oc2ccc(O)c(Cc3ccc(=O)[nH]c3)c2)c(OI)c1)C(=O)O. The van der Waals surface area contributed by atoms with Crippen molar-refractivity contribution in [1.29, 1.82) is 0 Å². The zero-order valence-electron chi connectivity index (χ0n) is 17.3. The van der Waals surface area contributed by atoms with Gasteiger partial charge in [0.15, 0.2) is 57.5 Å². The lowest BCUT2D eigenvalue weighted by Crippen LogP contribution is -2.35. The molecule has 0 unspecified atom stereocenters. The first-order chi connectivity index (χ1) is 15.8. The second-order valence-corrected chi connectivity index (χ2v) is 7.97. The fourth-order valence-corrected chi connectivity index (χ4v) is 3.82. The van der Waals surface area contributed by atoms with Crippen molar-refractivity contribution in [3.63, 3.8) is 0 Å². The number of hydrogen-bond acceptors (Lipinski definition) is 7. The van der Waals surface area contributed by atoms with E-state index in [1.165, 1.54) is 12.1 Å². The van der Waals surface area contributed by atoms with E-state index in [1.807, 2.05) is 0 Å². The maximum absolute atomic E-state index is 11.4. The Bertz CT molecular complexity index is 1150. The van der Waals surface area contributed by atoms with Crippen molar-refractivity contribution in [3.05, 3.63) is 75.7 Å². The average molecular weight is 678 g/mol. The topological polar surface area (TPSA) is 130 Å². The predicted octanol–water partition coefficient (Wildman–Crippen LogP) is 4.14. The number of carboxylic acid groups (broad SMARTS) is 1. The minimum Gasteiger partial charge on any atom is -0.508 e. The van der Waals surface area contributed by atoms with Crippen molar-refractivity contribution in [2.75, 3.05) is 7.05 Å². The summed E-state index contributed by atoms with van der Waals surface area (Å²) >= 11 is 3.44. The van der Waals surface area contributed by atoms with E-state index in [4.69, 9.17) is 10.9 Å². The molecule has 174 valence electrons. The number of phenolic OH excluding ortho intramolecular Hbond substituents is 1. The summed E-state index contributed by atoms with van der Waals surface area (Å²) in [7, 11) is 1.58. The van der Waals surface area contributed by atoms with Crippen LogP contribution in [0.5, 0.6) is 28.7 Å². The molecule has 1 aromatic heterocycles. The Balaban J connectivity index is 1.91. The van der Waals surface area contributed by atoms with Gasteiger partial charge in [0.05, 0.1) is 0 Å². The smallest absolute Gasteiger partial charge is 0.321 e. The first-order valence-corrected chi connectivity index (χ1v) is 11.4. The van der Waals surface area contributed by atoms with Gasteiger partial charge in [-0.2, -0.15) is 0 Å². The van der Waals surface area contributed by atoms with Crippen LogP contribution in [-0.4, -0.2) is 34.3 Å². The van der Waals surface area contributed by atoms with Crippen LogP contribution in [0.3, 0.4) is 0 Å². The van der Waals surface area contributed by atoms with Gasteiger partial charge >= 0.3 is 5.97 Å². The van der Waals surface area contributed by atoms with Gasteiger partial charge in [0.1, 0.15) is 17.5 Å². The van der Waals surface area contributed by atoms with Gasteiger partial charge in [-0.25, -0.2) is 0 Å². The second kappa shape index (κ2) is 11.6. The summed E-state index contributed by atoms with van der Waals surface area (Å²) < 4.78 is 16.9. The number of ether oxygens (including phenoxy) is 1. The molecule has 9 nitrogen and oxygen atoms in total. The number of likely N-dealkylation sites (N-methyl/N-ethyl adjacent to an activating group) is 1. The third-order valence-electron chi connectivity index (χ3n) is 4.85. The lowest BCUT2D eigenvalue weighted by atomic mass is 10.0. The van der Waals surface area contributed by atoms with Crippen molar-refractivity contribution in [3.8, 4) is 28.7 Å². The van der Waals surface area contributed by atoms with Gasteiger partial charge in [-0.15, -0.1) is 0 Å². The Hall–Kier alpha value is -2.52. The third-order valence-corrected chi connectivity index (χ3v) is 5.80. The van der Waals surface area contributed by atoms with Gasteiger partial charge in [0.25, 0.3) is 0 Å². The molecule has 0 spiro atoms. The monoisotopic (exact) mass is 678 g/mol. The Morgan fingerprint density at radius 2 is 1.79 bits per heavy atom. The second-order valence-electron chi connectivity index (χ2n) is 7.09. The number of hydrogen-bond donors (Lipinski definition) is 4. The molecule has 3 aromatic rings. The van der Waals surface area contributed by atoms with Crippen LogP contribution < -0.4 is 21.7 Å². The van der Waals surface area contributed by atoms with Gasteiger partial charge < -0.3 is 31.4 Å². The van der Waals surface area contributed by atoms with Crippen LogP contribution in [0.4, 0.5) is 0 Å². The lowest BCUT2D eigenvalue weighted by Gasteiger charge is -2.17. The van der Waals surface area contributed by atoms with Crippen LogP contribution in [0.2, 0.25) is 0 Å². The number of rotatable bonds is 10. The number of halogens is 2. The van der Waals surface area contributed by atoms with Crippen LogP contribution in [0.15, 0.2) is 53.5 Å². The molecule has 1 heterocycles. The summed E-state index contributed by atoms with van der Waals surface area (Å²) in [5.41, 5.74) is 1.90. The number of benzene rings is 2. The van der Waals surface area contributed by atoms with Crippen molar-refractivity contribution in [2.24, 2.45) is 0 Å². The molecule has 0 amide bonds.